The molecule has 0 aliphatic rings. The summed E-state index contributed by atoms with van der Waals surface area (Å²) in [6.07, 6.45) is 2.14. The molecule has 0 saturated heterocycles. The van der Waals surface area contributed by atoms with E-state index in [1.807, 2.05) is 27.7 Å². The Balaban J connectivity index is 5.40. The zero-order chi connectivity index (χ0) is 15.6. The van der Waals surface area contributed by atoms with Crippen LogP contribution in [0, 0.1) is 0 Å². The molecule has 0 aromatic rings. The van der Waals surface area contributed by atoms with Gasteiger partial charge in [-0.25, -0.2) is 0 Å². The minimum absolute atomic E-state index is 0.291. The highest BCUT2D eigenvalue weighted by atomic mass is 28.4. The normalized spacial score (nSPS) is 13.2. The van der Waals surface area contributed by atoms with Crippen LogP contribution in [0.3, 0.4) is 0 Å². The predicted octanol–water partition coefficient (Wildman–Crippen LogP) is 3.99. The van der Waals surface area contributed by atoms with Gasteiger partial charge in [-0.1, -0.05) is 13.3 Å². The van der Waals surface area contributed by atoms with Gasteiger partial charge < -0.3 is 17.7 Å². The molecular weight excluding hydrogens is 288 g/mol. The third kappa shape index (κ3) is 5.57. The van der Waals surface area contributed by atoms with Crippen LogP contribution in [0.15, 0.2) is 0 Å². The van der Waals surface area contributed by atoms with E-state index >= 15 is 0 Å². The third-order valence-corrected chi connectivity index (χ3v) is 13.3. The molecule has 4 nitrogen and oxygen atoms in total. The standard InChI is InChI=1S/C14H34O4Si2/c1-8-13-14(19(6,15-9-2)16-10-3)20(7,17-11-4)18-12-5/h14H,8-13H2,1-7H3. The first-order valence-corrected chi connectivity index (χ1v) is 12.8. The van der Waals surface area contributed by atoms with Crippen molar-refractivity contribution >= 4 is 17.1 Å². The molecule has 0 rings (SSSR count). The van der Waals surface area contributed by atoms with Crippen LogP contribution in [-0.2, 0) is 17.7 Å². The van der Waals surface area contributed by atoms with Crippen LogP contribution in [0.5, 0.6) is 0 Å². The number of hydrogen-bond acceptors (Lipinski definition) is 4. The molecule has 0 aromatic carbocycles. The van der Waals surface area contributed by atoms with Crippen LogP contribution < -0.4 is 0 Å². The van der Waals surface area contributed by atoms with E-state index in [4.69, 9.17) is 17.7 Å². The fourth-order valence-corrected chi connectivity index (χ4v) is 12.6. The maximum atomic E-state index is 6.11. The molecule has 0 radical (unpaired) electrons. The molecule has 0 unspecified atom stereocenters. The molecule has 0 aromatic heterocycles. The molecule has 0 spiro atoms. The smallest absolute Gasteiger partial charge is 0.340 e. The summed E-state index contributed by atoms with van der Waals surface area (Å²) in [5.41, 5.74) is 0. The summed E-state index contributed by atoms with van der Waals surface area (Å²) in [5, 5.41) is 0.291. The van der Waals surface area contributed by atoms with E-state index in [0.29, 0.717) is 31.6 Å². The molecular formula is C14H34O4Si2. The van der Waals surface area contributed by atoms with E-state index in [-0.39, 0.29) is 0 Å². The first kappa shape index (κ1) is 20.3. The molecule has 0 fully saturated rings. The van der Waals surface area contributed by atoms with Crippen molar-refractivity contribution in [2.45, 2.75) is 65.7 Å². The maximum absolute atomic E-state index is 6.11. The second-order valence-corrected chi connectivity index (χ2v) is 12.3. The first-order chi connectivity index (χ1) is 9.44. The molecule has 0 aliphatic carbocycles. The van der Waals surface area contributed by atoms with Crippen LogP contribution in [0.1, 0.15) is 47.5 Å². The van der Waals surface area contributed by atoms with Gasteiger partial charge in [-0.15, -0.1) is 0 Å². The molecule has 0 amide bonds. The van der Waals surface area contributed by atoms with Crippen molar-refractivity contribution in [3.8, 4) is 0 Å². The van der Waals surface area contributed by atoms with E-state index in [1.165, 1.54) is 0 Å². The van der Waals surface area contributed by atoms with E-state index in [9.17, 15) is 0 Å². The molecule has 122 valence electrons. The molecule has 6 heteroatoms. The van der Waals surface area contributed by atoms with E-state index < -0.39 is 17.1 Å². The Morgan fingerprint density at radius 1 is 0.650 bits per heavy atom. The highest BCUT2D eigenvalue weighted by Gasteiger charge is 2.54. The molecule has 0 aliphatic heterocycles. The fourth-order valence-electron chi connectivity index (χ4n) is 2.92. The van der Waals surface area contributed by atoms with Crippen molar-refractivity contribution in [2.24, 2.45) is 0 Å². The van der Waals surface area contributed by atoms with Gasteiger partial charge in [0.05, 0.1) is 0 Å². The minimum Gasteiger partial charge on any atom is -0.395 e. The highest BCUT2D eigenvalue weighted by molar-refractivity contribution is 6.87. The summed E-state index contributed by atoms with van der Waals surface area (Å²) in [5.74, 6) is 0. The Kier molecular flexibility index (Phi) is 10.2. The van der Waals surface area contributed by atoms with Gasteiger partial charge in [0.2, 0.25) is 0 Å². The molecule has 0 N–H and O–H groups in total. The molecule has 0 bridgehead atoms. The van der Waals surface area contributed by atoms with Crippen LogP contribution in [-0.4, -0.2) is 43.5 Å². The fraction of sp³-hybridized carbons (Fsp3) is 1.00. The summed E-state index contributed by atoms with van der Waals surface area (Å²) in [6.45, 7) is 17.4. The molecule has 0 atom stereocenters. The summed E-state index contributed by atoms with van der Waals surface area (Å²) < 4.78 is 24.5. The molecule has 20 heavy (non-hydrogen) atoms. The second-order valence-electron chi connectivity index (χ2n) is 5.11. The zero-order valence-corrected chi connectivity index (χ0v) is 16.5. The summed E-state index contributed by atoms with van der Waals surface area (Å²) in [4.78, 5) is 0. The van der Waals surface area contributed by atoms with Crippen molar-refractivity contribution in [1.29, 1.82) is 0 Å². The van der Waals surface area contributed by atoms with Gasteiger partial charge in [-0.3, -0.25) is 0 Å². The maximum Gasteiger partial charge on any atom is 0.340 e. The van der Waals surface area contributed by atoms with Crippen LogP contribution in [0.2, 0.25) is 18.3 Å². The van der Waals surface area contributed by atoms with E-state index in [0.717, 1.165) is 12.8 Å². The lowest BCUT2D eigenvalue weighted by molar-refractivity contribution is 0.152. The van der Waals surface area contributed by atoms with Crippen molar-refractivity contribution in [1.82, 2.24) is 0 Å². The van der Waals surface area contributed by atoms with E-state index in [2.05, 4.69) is 20.0 Å². The number of hydrogen-bond donors (Lipinski definition) is 0. The van der Waals surface area contributed by atoms with E-state index in [1.54, 1.807) is 0 Å². The van der Waals surface area contributed by atoms with Gasteiger partial charge in [0, 0.05) is 31.6 Å². The quantitative estimate of drug-likeness (QED) is 0.509. The lowest BCUT2D eigenvalue weighted by atomic mass is 10.4. The third-order valence-electron chi connectivity index (χ3n) is 3.57. The topological polar surface area (TPSA) is 36.9 Å². The van der Waals surface area contributed by atoms with Crippen molar-refractivity contribution in [3.63, 3.8) is 0 Å². The average molecular weight is 323 g/mol. The van der Waals surface area contributed by atoms with Crippen LogP contribution in [0.4, 0.5) is 0 Å². The summed E-state index contributed by atoms with van der Waals surface area (Å²) in [6, 6.07) is 0. The zero-order valence-electron chi connectivity index (χ0n) is 14.5. The molecule has 0 heterocycles. The summed E-state index contributed by atoms with van der Waals surface area (Å²) >= 11 is 0. The predicted molar refractivity (Wildman–Crippen MR) is 88.4 cm³/mol. The largest absolute Gasteiger partial charge is 0.395 e. The average Bonchev–Trinajstić information content (AvgIpc) is 2.36. The molecule has 0 saturated carbocycles. The highest BCUT2D eigenvalue weighted by Crippen LogP contribution is 2.39. The van der Waals surface area contributed by atoms with Crippen LogP contribution >= 0.6 is 0 Å². The van der Waals surface area contributed by atoms with Crippen molar-refractivity contribution in [2.75, 3.05) is 26.4 Å². The van der Waals surface area contributed by atoms with Gasteiger partial charge in [0.1, 0.15) is 0 Å². The second kappa shape index (κ2) is 10.1. The Labute approximate surface area is 127 Å². The van der Waals surface area contributed by atoms with Gasteiger partial charge >= 0.3 is 17.1 Å². The Morgan fingerprint density at radius 3 is 1.15 bits per heavy atom. The monoisotopic (exact) mass is 322 g/mol. The SMILES string of the molecule is CCCC([Si](C)(OCC)OCC)[Si](C)(OCC)OCC. The van der Waals surface area contributed by atoms with Crippen LogP contribution in [0.25, 0.3) is 0 Å². The Bertz CT molecular complexity index is 217. The van der Waals surface area contributed by atoms with Crippen molar-refractivity contribution < 1.29 is 17.7 Å². The van der Waals surface area contributed by atoms with Gasteiger partial charge in [0.25, 0.3) is 0 Å². The lowest BCUT2D eigenvalue weighted by Crippen LogP contribution is -2.58. The van der Waals surface area contributed by atoms with Gasteiger partial charge in [-0.05, 0) is 47.2 Å². The summed E-state index contributed by atoms with van der Waals surface area (Å²) in [7, 11) is -4.60. The Morgan fingerprint density at radius 2 is 0.950 bits per heavy atom. The minimum atomic E-state index is -2.30. The Hall–Kier alpha value is 0.274. The number of rotatable bonds is 12. The van der Waals surface area contributed by atoms with Crippen molar-refractivity contribution in [3.05, 3.63) is 0 Å². The van der Waals surface area contributed by atoms with Gasteiger partial charge in [-0.2, -0.15) is 0 Å². The lowest BCUT2D eigenvalue weighted by Gasteiger charge is -2.42. The first-order valence-electron chi connectivity index (χ1n) is 7.99. The van der Waals surface area contributed by atoms with Gasteiger partial charge in [0.15, 0.2) is 0 Å².